The summed E-state index contributed by atoms with van der Waals surface area (Å²) in [6.07, 6.45) is 4.75. The number of hydrogen-bond donors (Lipinski definition) is 1. The van der Waals surface area contributed by atoms with Crippen molar-refractivity contribution in [1.82, 2.24) is 5.32 Å². The van der Waals surface area contributed by atoms with E-state index in [1.807, 2.05) is 0 Å². The normalized spacial score (nSPS) is 42.4. The number of ether oxygens (including phenoxy) is 3. The molecule has 3 rings (SSSR count). The summed E-state index contributed by atoms with van der Waals surface area (Å²) in [7, 11) is 0. The average Bonchev–Trinajstić information content (AvgIpc) is 2.99. The molecule has 98 valence electrons. The standard InChI is InChI=1S/C13H23NO3/c1-4-14-8-11(1)9-16-12-2-5-17-13(7-12)3-6-15-10-13/h11-12,14H,1-10H2. The molecule has 3 unspecified atom stereocenters. The van der Waals surface area contributed by atoms with Crippen LogP contribution in [-0.2, 0) is 14.2 Å². The maximum Gasteiger partial charge on any atom is 0.0961 e. The first-order chi connectivity index (χ1) is 8.36. The van der Waals surface area contributed by atoms with Gasteiger partial charge >= 0.3 is 0 Å². The molecule has 3 aliphatic heterocycles. The highest BCUT2D eigenvalue weighted by molar-refractivity contribution is 4.91. The van der Waals surface area contributed by atoms with E-state index in [1.54, 1.807) is 0 Å². The molecule has 0 aromatic heterocycles. The molecule has 4 heteroatoms. The average molecular weight is 241 g/mol. The summed E-state index contributed by atoms with van der Waals surface area (Å²) in [5, 5.41) is 3.38. The molecule has 4 nitrogen and oxygen atoms in total. The Kier molecular flexibility index (Phi) is 3.66. The second kappa shape index (κ2) is 5.22. The van der Waals surface area contributed by atoms with Crippen LogP contribution in [0, 0.1) is 5.92 Å². The van der Waals surface area contributed by atoms with Gasteiger partial charge in [-0.1, -0.05) is 0 Å². The number of hydrogen-bond acceptors (Lipinski definition) is 4. The SMILES string of the molecule is C1CC(COC2CCOC3(CCOC3)C2)CN1. The summed E-state index contributed by atoms with van der Waals surface area (Å²) in [4.78, 5) is 0. The third-order valence-corrected chi connectivity index (χ3v) is 4.24. The van der Waals surface area contributed by atoms with Gasteiger partial charge in [-0.3, -0.25) is 0 Å². The predicted molar refractivity (Wildman–Crippen MR) is 64.1 cm³/mol. The van der Waals surface area contributed by atoms with Crippen LogP contribution in [0.5, 0.6) is 0 Å². The molecular formula is C13H23NO3. The molecule has 3 atom stereocenters. The van der Waals surface area contributed by atoms with E-state index >= 15 is 0 Å². The highest BCUT2D eigenvalue weighted by Crippen LogP contribution is 2.34. The Balaban J connectivity index is 1.46. The van der Waals surface area contributed by atoms with Crippen molar-refractivity contribution in [2.24, 2.45) is 5.92 Å². The van der Waals surface area contributed by atoms with Crippen molar-refractivity contribution < 1.29 is 14.2 Å². The minimum Gasteiger partial charge on any atom is -0.378 e. The first-order valence-corrected chi connectivity index (χ1v) is 6.90. The summed E-state index contributed by atoms with van der Waals surface area (Å²) >= 11 is 0. The lowest BCUT2D eigenvalue weighted by molar-refractivity contribution is -0.136. The topological polar surface area (TPSA) is 39.7 Å². The monoisotopic (exact) mass is 241 g/mol. The van der Waals surface area contributed by atoms with E-state index in [9.17, 15) is 0 Å². The van der Waals surface area contributed by atoms with Gasteiger partial charge in [0.15, 0.2) is 0 Å². The van der Waals surface area contributed by atoms with E-state index in [2.05, 4.69) is 5.32 Å². The summed E-state index contributed by atoms with van der Waals surface area (Å²) in [5.74, 6) is 0.716. The van der Waals surface area contributed by atoms with Crippen molar-refractivity contribution in [2.75, 3.05) is 39.5 Å². The van der Waals surface area contributed by atoms with E-state index in [0.29, 0.717) is 12.0 Å². The highest BCUT2D eigenvalue weighted by Gasteiger charge is 2.41. The zero-order valence-electron chi connectivity index (χ0n) is 10.5. The molecule has 0 aliphatic carbocycles. The lowest BCUT2D eigenvalue weighted by Gasteiger charge is -2.37. The van der Waals surface area contributed by atoms with Crippen LogP contribution in [0.25, 0.3) is 0 Å². The molecular weight excluding hydrogens is 218 g/mol. The molecule has 3 fully saturated rings. The molecule has 1 spiro atoms. The van der Waals surface area contributed by atoms with E-state index in [0.717, 1.165) is 58.8 Å². The fraction of sp³-hybridized carbons (Fsp3) is 1.00. The van der Waals surface area contributed by atoms with Gasteiger partial charge in [-0.15, -0.1) is 0 Å². The van der Waals surface area contributed by atoms with E-state index in [4.69, 9.17) is 14.2 Å². The molecule has 3 aliphatic rings. The minimum absolute atomic E-state index is 0.0170. The molecule has 0 bridgehead atoms. The molecule has 0 radical (unpaired) electrons. The summed E-state index contributed by atoms with van der Waals surface area (Å²) < 4.78 is 17.5. The first kappa shape index (κ1) is 11.9. The van der Waals surface area contributed by atoms with Crippen LogP contribution in [0.4, 0.5) is 0 Å². The minimum atomic E-state index is -0.0170. The summed E-state index contributed by atoms with van der Waals surface area (Å²) in [5.41, 5.74) is -0.0170. The van der Waals surface area contributed by atoms with Gasteiger partial charge in [0.25, 0.3) is 0 Å². The third kappa shape index (κ3) is 2.81. The Morgan fingerprint density at radius 1 is 1.29 bits per heavy atom. The maximum atomic E-state index is 6.08. The molecule has 17 heavy (non-hydrogen) atoms. The van der Waals surface area contributed by atoms with Crippen LogP contribution in [0.1, 0.15) is 25.7 Å². The highest BCUT2D eigenvalue weighted by atomic mass is 16.6. The van der Waals surface area contributed by atoms with E-state index in [-0.39, 0.29) is 5.60 Å². The smallest absolute Gasteiger partial charge is 0.0961 e. The van der Waals surface area contributed by atoms with Crippen LogP contribution in [0.2, 0.25) is 0 Å². The van der Waals surface area contributed by atoms with E-state index < -0.39 is 0 Å². The second-order valence-corrected chi connectivity index (χ2v) is 5.64. The first-order valence-electron chi connectivity index (χ1n) is 6.90. The van der Waals surface area contributed by atoms with Crippen LogP contribution in [-0.4, -0.2) is 51.2 Å². The van der Waals surface area contributed by atoms with Gasteiger partial charge in [-0.2, -0.15) is 0 Å². The molecule has 0 aromatic rings. The van der Waals surface area contributed by atoms with Crippen LogP contribution >= 0.6 is 0 Å². The largest absolute Gasteiger partial charge is 0.378 e. The molecule has 1 N–H and O–H groups in total. The van der Waals surface area contributed by atoms with Crippen molar-refractivity contribution in [3.05, 3.63) is 0 Å². The van der Waals surface area contributed by atoms with Gasteiger partial charge < -0.3 is 19.5 Å². The Bertz CT molecular complexity index is 247. The van der Waals surface area contributed by atoms with E-state index in [1.165, 1.54) is 6.42 Å². The quantitative estimate of drug-likeness (QED) is 0.798. The molecule has 3 saturated heterocycles. The van der Waals surface area contributed by atoms with Crippen molar-refractivity contribution >= 4 is 0 Å². The van der Waals surface area contributed by atoms with Gasteiger partial charge in [0.2, 0.25) is 0 Å². The Labute approximate surface area is 103 Å². The Morgan fingerprint density at radius 2 is 2.29 bits per heavy atom. The Morgan fingerprint density at radius 3 is 3.06 bits per heavy atom. The van der Waals surface area contributed by atoms with Gasteiger partial charge in [-0.05, 0) is 25.3 Å². The van der Waals surface area contributed by atoms with Gasteiger partial charge in [-0.25, -0.2) is 0 Å². The van der Waals surface area contributed by atoms with Gasteiger partial charge in [0.05, 0.1) is 24.9 Å². The number of rotatable bonds is 3. The van der Waals surface area contributed by atoms with Crippen molar-refractivity contribution in [3.8, 4) is 0 Å². The van der Waals surface area contributed by atoms with Gasteiger partial charge in [0.1, 0.15) is 0 Å². The maximum absolute atomic E-state index is 6.08. The number of nitrogens with one attached hydrogen (secondary N) is 1. The van der Waals surface area contributed by atoms with Crippen molar-refractivity contribution in [2.45, 2.75) is 37.4 Å². The van der Waals surface area contributed by atoms with Crippen LogP contribution in [0.3, 0.4) is 0 Å². The molecule has 0 amide bonds. The van der Waals surface area contributed by atoms with Crippen LogP contribution < -0.4 is 5.32 Å². The lowest BCUT2D eigenvalue weighted by atomic mass is 9.91. The molecule has 0 saturated carbocycles. The second-order valence-electron chi connectivity index (χ2n) is 5.64. The molecule has 3 heterocycles. The fourth-order valence-corrected chi connectivity index (χ4v) is 3.12. The molecule has 0 aromatic carbocycles. The third-order valence-electron chi connectivity index (χ3n) is 4.24. The van der Waals surface area contributed by atoms with Crippen molar-refractivity contribution in [3.63, 3.8) is 0 Å². The zero-order valence-corrected chi connectivity index (χ0v) is 10.5. The van der Waals surface area contributed by atoms with Crippen LogP contribution in [0.15, 0.2) is 0 Å². The van der Waals surface area contributed by atoms with Crippen molar-refractivity contribution in [1.29, 1.82) is 0 Å². The predicted octanol–water partition coefficient (Wildman–Crippen LogP) is 0.951. The van der Waals surface area contributed by atoms with Gasteiger partial charge in [0, 0.05) is 32.6 Å². The summed E-state index contributed by atoms with van der Waals surface area (Å²) in [6.45, 7) is 5.62. The lowest BCUT2D eigenvalue weighted by Crippen LogP contribution is -2.43. The fourth-order valence-electron chi connectivity index (χ4n) is 3.12. The summed E-state index contributed by atoms with van der Waals surface area (Å²) in [6, 6.07) is 0. The Hall–Kier alpha value is -0.160. The zero-order chi connectivity index (χ0) is 11.6.